The van der Waals surface area contributed by atoms with Crippen LogP contribution < -0.4 is 15.4 Å². The van der Waals surface area contributed by atoms with E-state index in [1.165, 1.54) is 11.8 Å². The van der Waals surface area contributed by atoms with Gasteiger partial charge >= 0.3 is 0 Å². The van der Waals surface area contributed by atoms with Crippen LogP contribution in [0.1, 0.15) is 22.0 Å². The zero-order valence-corrected chi connectivity index (χ0v) is 17.7. The summed E-state index contributed by atoms with van der Waals surface area (Å²) in [5.74, 6) is 1.01. The summed E-state index contributed by atoms with van der Waals surface area (Å²) < 4.78 is 10.8. The van der Waals surface area contributed by atoms with Gasteiger partial charge in [0, 0.05) is 30.1 Å². The maximum absolute atomic E-state index is 12.8. The zero-order chi connectivity index (χ0) is 20.9. The highest BCUT2D eigenvalue weighted by molar-refractivity contribution is 8.00. The van der Waals surface area contributed by atoms with Crippen molar-refractivity contribution in [1.82, 2.24) is 10.2 Å². The van der Waals surface area contributed by atoms with Crippen molar-refractivity contribution in [3.63, 3.8) is 0 Å². The second-order valence-corrected chi connectivity index (χ2v) is 8.21. The Morgan fingerprint density at radius 1 is 1.23 bits per heavy atom. The third-order valence-electron chi connectivity index (χ3n) is 5.32. The normalized spacial score (nSPS) is 17.6. The van der Waals surface area contributed by atoms with Gasteiger partial charge in [0.2, 0.25) is 5.91 Å². The minimum atomic E-state index is -0.158. The molecule has 2 aromatic carbocycles. The van der Waals surface area contributed by atoms with Crippen molar-refractivity contribution in [2.75, 3.05) is 51.0 Å². The summed E-state index contributed by atoms with van der Waals surface area (Å²) in [6, 6.07) is 13.4. The number of carbonyl (C=O) groups is 2. The maximum atomic E-state index is 12.8. The van der Waals surface area contributed by atoms with Gasteiger partial charge in [-0.1, -0.05) is 12.1 Å². The first-order valence-corrected chi connectivity index (χ1v) is 10.9. The van der Waals surface area contributed by atoms with Crippen molar-refractivity contribution in [2.45, 2.75) is 10.9 Å². The molecule has 0 aliphatic carbocycles. The molecule has 2 N–H and O–H groups in total. The number of rotatable bonds is 6. The number of carbonyl (C=O) groups excluding carboxylic acids is 2. The van der Waals surface area contributed by atoms with Gasteiger partial charge in [-0.3, -0.25) is 14.5 Å². The van der Waals surface area contributed by atoms with Gasteiger partial charge < -0.3 is 20.1 Å². The summed E-state index contributed by atoms with van der Waals surface area (Å²) in [7, 11) is 1.65. The SMILES string of the molecule is COc1ccc([C@H](CNC(=O)c2ccc3c(c2)NC(=O)CS3)N2CCOCC2)cc1. The molecule has 1 atom stereocenters. The number of methoxy groups -OCH3 is 1. The highest BCUT2D eigenvalue weighted by atomic mass is 32.2. The van der Waals surface area contributed by atoms with E-state index >= 15 is 0 Å². The summed E-state index contributed by atoms with van der Waals surface area (Å²) in [4.78, 5) is 27.8. The molecule has 2 aliphatic rings. The fourth-order valence-electron chi connectivity index (χ4n) is 3.69. The van der Waals surface area contributed by atoms with Gasteiger partial charge in [-0.25, -0.2) is 0 Å². The molecule has 4 rings (SSSR count). The highest BCUT2D eigenvalue weighted by Crippen LogP contribution is 2.32. The van der Waals surface area contributed by atoms with E-state index in [0.29, 0.717) is 36.8 Å². The monoisotopic (exact) mass is 427 g/mol. The fourth-order valence-corrected chi connectivity index (χ4v) is 4.48. The van der Waals surface area contributed by atoms with Gasteiger partial charge in [0.05, 0.1) is 37.8 Å². The summed E-state index contributed by atoms with van der Waals surface area (Å²) in [6.45, 7) is 3.47. The Hall–Kier alpha value is -2.55. The quantitative estimate of drug-likeness (QED) is 0.738. The van der Waals surface area contributed by atoms with Gasteiger partial charge in [-0.15, -0.1) is 11.8 Å². The number of benzene rings is 2. The van der Waals surface area contributed by atoms with Crippen molar-refractivity contribution in [3.8, 4) is 5.75 Å². The number of amides is 2. The third-order valence-corrected chi connectivity index (χ3v) is 6.39. The fraction of sp³-hybridized carbons (Fsp3) is 0.364. The van der Waals surface area contributed by atoms with Crippen LogP contribution in [0.25, 0.3) is 0 Å². The zero-order valence-electron chi connectivity index (χ0n) is 16.8. The lowest BCUT2D eigenvalue weighted by atomic mass is 10.0. The minimum Gasteiger partial charge on any atom is -0.497 e. The van der Waals surface area contributed by atoms with Crippen molar-refractivity contribution in [2.24, 2.45) is 0 Å². The molecule has 30 heavy (non-hydrogen) atoms. The average Bonchev–Trinajstić information content (AvgIpc) is 2.79. The van der Waals surface area contributed by atoms with Crippen molar-refractivity contribution in [1.29, 1.82) is 0 Å². The van der Waals surface area contributed by atoms with E-state index in [0.717, 1.165) is 29.3 Å². The first-order valence-electron chi connectivity index (χ1n) is 9.94. The standard InChI is InChI=1S/C22H25N3O4S/c1-28-17-5-2-15(3-6-17)19(25-8-10-29-11-9-25)13-23-22(27)16-4-7-20-18(12-16)24-21(26)14-30-20/h2-7,12,19H,8-11,13-14H2,1H3,(H,23,27)(H,24,26)/t19-/m0/s1. The lowest BCUT2D eigenvalue weighted by Crippen LogP contribution is -2.43. The molecule has 0 unspecified atom stereocenters. The first-order chi connectivity index (χ1) is 14.6. The number of hydrogen-bond acceptors (Lipinski definition) is 6. The van der Waals surface area contributed by atoms with Gasteiger partial charge in [0.1, 0.15) is 5.75 Å². The molecule has 2 heterocycles. The Bertz CT molecular complexity index is 913. The van der Waals surface area contributed by atoms with Crippen LogP contribution in [0.4, 0.5) is 5.69 Å². The van der Waals surface area contributed by atoms with E-state index < -0.39 is 0 Å². The smallest absolute Gasteiger partial charge is 0.251 e. The molecule has 0 bridgehead atoms. The number of thioether (sulfide) groups is 1. The van der Waals surface area contributed by atoms with Gasteiger partial charge in [-0.05, 0) is 35.9 Å². The van der Waals surface area contributed by atoms with E-state index in [1.54, 1.807) is 19.2 Å². The molecule has 0 saturated carbocycles. The molecule has 7 nitrogen and oxygen atoms in total. The number of nitrogens with one attached hydrogen (secondary N) is 2. The van der Waals surface area contributed by atoms with Crippen LogP contribution >= 0.6 is 11.8 Å². The predicted molar refractivity (Wildman–Crippen MR) is 116 cm³/mol. The summed E-state index contributed by atoms with van der Waals surface area (Å²) in [6.07, 6.45) is 0. The summed E-state index contributed by atoms with van der Waals surface area (Å²) in [5, 5.41) is 5.90. The molecule has 2 aliphatic heterocycles. The number of morpholine rings is 1. The molecule has 158 valence electrons. The number of anilines is 1. The molecule has 1 saturated heterocycles. The van der Waals surface area contributed by atoms with Crippen molar-refractivity contribution >= 4 is 29.3 Å². The number of hydrogen-bond donors (Lipinski definition) is 2. The Morgan fingerprint density at radius 2 is 2.00 bits per heavy atom. The molecule has 0 radical (unpaired) electrons. The molecular formula is C22H25N3O4S. The lowest BCUT2D eigenvalue weighted by molar-refractivity contribution is -0.113. The molecular weight excluding hydrogens is 402 g/mol. The van der Waals surface area contributed by atoms with Crippen LogP contribution in [0.15, 0.2) is 47.4 Å². The van der Waals surface area contributed by atoms with Gasteiger partial charge in [0.25, 0.3) is 5.91 Å². The van der Waals surface area contributed by atoms with E-state index in [4.69, 9.17) is 9.47 Å². The Morgan fingerprint density at radius 3 is 2.73 bits per heavy atom. The summed E-state index contributed by atoms with van der Waals surface area (Å²) >= 11 is 1.48. The Kier molecular flexibility index (Phi) is 6.56. The lowest BCUT2D eigenvalue weighted by Gasteiger charge is -2.35. The highest BCUT2D eigenvalue weighted by Gasteiger charge is 2.24. The maximum Gasteiger partial charge on any atom is 0.251 e. The largest absolute Gasteiger partial charge is 0.497 e. The molecule has 2 amide bonds. The Labute approximate surface area is 180 Å². The number of nitrogens with zero attached hydrogens (tertiary/aromatic N) is 1. The van der Waals surface area contributed by atoms with Crippen LogP contribution in [0.5, 0.6) is 5.75 Å². The van der Waals surface area contributed by atoms with E-state index in [9.17, 15) is 9.59 Å². The van der Waals surface area contributed by atoms with Crippen LogP contribution in [0, 0.1) is 0 Å². The topological polar surface area (TPSA) is 79.9 Å². The van der Waals surface area contributed by atoms with Crippen molar-refractivity contribution < 1.29 is 19.1 Å². The van der Waals surface area contributed by atoms with Gasteiger partial charge in [0.15, 0.2) is 0 Å². The second kappa shape index (κ2) is 9.51. The number of ether oxygens (including phenoxy) is 2. The molecule has 8 heteroatoms. The van der Waals surface area contributed by atoms with Crippen LogP contribution in [-0.4, -0.2) is 62.4 Å². The van der Waals surface area contributed by atoms with Crippen LogP contribution in [-0.2, 0) is 9.53 Å². The predicted octanol–water partition coefficient (Wildman–Crippen LogP) is 2.54. The molecule has 1 fully saturated rings. The second-order valence-electron chi connectivity index (χ2n) is 7.20. The molecule has 2 aromatic rings. The summed E-state index contributed by atoms with van der Waals surface area (Å²) in [5.41, 5.74) is 2.35. The van der Waals surface area contributed by atoms with E-state index in [2.05, 4.69) is 15.5 Å². The number of fused-ring (bicyclic) bond motifs is 1. The van der Waals surface area contributed by atoms with Crippen LogP contribution in [0.3, 0.4) is 0 Å². The average molecular weight is 428 g/mol. The molecule has 0 aromatic heterocycles. The minimum absolute atomic E-state index is 0.0386. The van der Waals surface area contributed by atoms with E-state index in [1.807, 2.05) is 30.3 Å². The van der Waals surface area contributed by atoms with Crippen molar-refractivity contribution in [3.05, 3.63) is 53.6 Å². The first kappa shape index (κ1) is 20.7. The third kappa shape index (κ3) is 4.77. The van der Waals surface area contributed by atoms with Gasteiger partial charge in [-0.2, -0.15) is 0 Å². The molecule has 0 spiro atoms. The Balaban J connectivity index is 1.48. The van der Waals surface area contributed by atoms with E-state index in [-0.39, 0.29) is 17.9 Å². The van der Waals surface area contributed by atoms with Crippen LogP contribution in [0.2, 0.25) is 0 Å².